The molecule has 0 aliphatic heterocycles. The molecule has 1 nitrogen and oxygen atoms in total. The zero-order chi connectivity index (χ0) is 12.1. The molecule has 88 valence electrons. The summed E-state index contributed by atoms with van der Waals surface area (Å²) >= 11 is 6.40. The predicted molar refractivity (Wildman–Crippen MR) is 66.8 cm³/mol. The van der Waals surface area contributed by atoms with Gasteiger partial charge in [-0.3, -0.25) is 4.79 Å². The van der Waals surface area contributed by atoms with Crippen LogP contribution >= 0.6 is 31.9 Å². The molecule has 0 unspecified atom stereocenters. The molecular weight excluding hydrogens is 346 g/mol. The van der Waals surface area contributed by atoms with Gasteiger partial charge in [0.2, 0.25) is 0 Å². The Bertz CT molecular complexity index is 380. The fraction of sp³-hybridized carbons (Fsp3) is 0.364. The molecule has 0 saturated carbocycles. The lowest BCUT2D eigenvalue weighted by molar-refractivity contribution is 0.0988. The molecule has 0 saturated heterocycles. The van der Waals surface area contributed by atoms with Crippen molar-refractivity contribution in [2.45, 2.75) is 18.2 Å². The lowest BCUT2D eigenvalue weighted by atomic mass is 10.0. The molecule has 0 amide bonds. The normalized spacial score (nSPS) is 10.8. The maximum absolute atomic E-state index is 12.5. The molecule has 0 heterocycles. The summed E-state index contributed by atoms with van der Waals surface area (Å²) in [6, 6.07) is 4.20. The Hall–Kier alpha value is -0.290. The second-order valence-electron chi connectivity index (χ2n) is 3.21. The Morgan fingerprint density at radius 3 is 2.50 bits per heavy atom. The van der Waals surface area contributed by atoms with Crippen molar-refractivity contribution in [1.29, 1.82) is 0 Å². The van der Waals surface area contributed by atoms with Crippen LogP contribution in [0.5, 0.6) is 0 Å². The molecule has 1 aromatic rings. The molecule has 0 aromatic heterocycles. The van der Waals surface area contributed by atoms with Gasteiger partial charge in [0.1, 0.15) is 0 Å². The van der Waals surface area contributed by atoms with Crippen molar-refractivity contribution in [1.82, 2.24) is 0 Å². The van der Waals surface area contributed by atoms with Crippen molar-refractivity contribution < 1.29 is 13.6 Å². The van der Waals surface area contributed by atoms with E-state index in [-0.39, 0.29) is 11.3 Å². The summed E-state index contributed by atoms with van der Waals surface area (Å²) in [5.74, 6) is -0.117. The van der Waals surface area contributed by atoms with Crippen LogP contribution < -0.4 is 0 Å². The fourth-order valence-electron chi connectivity index (χ4n) is 1.33. The molecule has 0 spiro atoms. The number of alkyl halides is 4. The Morgan fingerprint density at radius 1 is 1.31 bits per heavy atom. The molecular formula is C11H10Br2F2O. The number of halogens is 4. The van der Waals surface area contributed by atoms with Gasteiger partial charge >= 0.3 is 0 Å². The number of rotatable bonds is 5. The summed E-state index contributed by atoms with van der Waals surface area (Å²) in [5, 5.41) is 1.02. The summed E-state index contributed by atoms with van der Waals surface area (Å²) in [6.07, 6.45) is -2.23. The Labute approximate surface area is 109 Å². The molecule has 0 atom stereocenters. The monoisotopic (exact) mass is 354 g/mol. The SMILES string of the molecule is O=C(CCBr)c1cc(C(F)F)ccc1CBr. The first kappa shape index (κ1) is 13.8. The van der Waals surface area contributed by atoms with Crippen molar-refractivity contribution in [3.63, 3.8) is 0 Å². The highest BCUT2D eigenvalue weighted by Gasteiger charge is 2.14. The van der Waals surface area contributed by atoms with Crippen molar-refractivity contribution >= 4 is 37.6 Å². The van der Waals surface area contributed by atoms with Crippen LogP contribution in [-0.2, 0) is 5.33 Å². The minimum atomic E-state index is -2.54. The quantitative estimate of drug-likeness (QED) is 0.562. The fourth-order valence-corrected chi connectivity index (χ4v) is 2.18. The summed E-state index contributed by atoms with van der Waals surface area (Å²) in [5.41, 5.74) is 1.02. The van der Waals surface area contributed by atoms with Crippen LogP contribution in [0.1, 0.15) is 34.3 Å². The number of carbonyl (C=O) groups excluding carboxylic acids is 1. The Balaban J connectivity index is 3.11. The molecule has 16 heavy (non-hydrogen) atoms. The van der Waals surface area contributed by atoms with Crippen molar-refractivity contribution in [2.75, 3.05) is 5.33 Å². The number of hydrogen-bond acceptors (Lipinski definition) is 1. The van der Waals surface area contributed by atoms with Gasteiger partial charge in [0, 0.05) is 28.2 Å². The molecule has 5 heteroatoms. The molecule has 0 fully saturated rings. The maximum Gasteiger partial charge on any atom is 0.263 e. The number of Topliss-reactive ketones (excluding diaryl/α,β-unsaturated/α-hetero) is 1. The minimum Gasteiger partial charge on any atom is -0.294 e. The van der Waals surface area contributed by atoms with E-state index in [1.807, 2.05) is 0 Å². The van der Waals surface area contributed by atoms with E-state index in [4.69, 9.17) is 0 Å². The van der Waals surface area contributed by atoms with E-state index in [9.17, 15) is 13.6 Å². The van der Waals surface area contributed by atoms with Crippen molar-refractivity contribution in [3.05, 3.63) is 34.9 Å². The second kappa shape index (κ2) is 6.45. The average Bonchev–Trinajstić information content (AvgIpc) is 2.28. The van der Waals surface area contributed by atoms with Crippen molar-refractivity contribution in [3.8, 4) is 0 Å². The van der Waals surface area contributed by atoms with Crippen LogP contribution in [0.25, 0.3) is 0 Å². The Kier molecular flexibility index (Phi) is 5.55. The van der Waals surface area contributed by atoms with Gasteiger partial charge in [-0.05, 0) is 11.6 Å². The third kappa shape index (κ3) is 3.35. The van der Waals surface area contributed by atoms with Gasteiger partial charge < -0.3 is 0 Å². The minimum absolute atomic E-state index is 0.109. The largest absolute Gasteiger partial charge is 0.294 e. The van der Waals surface area contributed by atoms with E-state index < -0.39 is 6.43 Å². The van der Waals surface area contributed by atoms with Crippen LogP contribution in [-0.4, -0.2) is 11.1 Å². The highest BCUT2D eigenvalue weighted by Crippen LogP contribution is 2.24. The molecule has 0 bridgehead atoms. The van der Waals surface area contributed by atoms with Crippen LogP contribution in [0.3, 0.4) is 0 Å². The smallest absolute Gasteiger partial charge is 0.263 e. The van der Waals surface area contributed by atoms with Gasteiger partial charge in [0.05, 0.1) is 0 Å². The van der Waals surface area contributed by atoms with Crippen LogP contribution in [0.2, 0.25) is 0 Å². The predicted octanol–water partition coefficient (Wildman–Crippen LogP) is 4.49. The molecule has 0 radical (unpaired) electrons. The van der Waals surface area contributed by atoms with E-state index in [1.54, 1.807) is 6.07 Å². The van der Waals surface area contributed by atoms with Crippen LogP contribution in [0, 0.1) is 0 Å². The number of hydrogen-bond donors (Lipinski definition) is 0. The van der Waals surface area contributed by atoms with E-state index in [2.05, 4.69) is 31.9 Å². The maximum atomic E-state index is 12.5. The zero-order valence-corrected chi connectivity index (χ0v) is 11.5. The van der Waals surface area contributed by atoms with Gasteiger partial charge in [0.15, 0.2) is 5.78 Å². The number of ketones is 1. The van der Waals surface area contributed by atoms with Crippen molar-refractivity contribution in [2.24, 2.45) is 0 Å². The molecule has 0 aliphatic rings. The Morgan fingerprint density at radius 2 is 2.00 bits per heavy atom. The second-order valence-corrected chi connectivity index (χ2v) is 4.57. The van der Waals surface area contributed by atoms with Gasteiger partial charge in [0.25, 0.3) is 6.43 Å². The third-order valence-corrected chi connectivity index (χ3v) is 3.15. The third-order valence-electron chi connectivity index (χ3n) is 2.15. The summed E-state index contributed by atoms with van der Waals surface area (Å²) < 4.78 is 25.0. The summed E-state index contributed by atoms with van der Waals surface area (Å²) in [4.78, 5) is 11.7. The number of carbonyl (C=O) groups is 1. The van der Waals surface area contributed by atoms with E-state index in [0.29, 0.717) is 22.6 Å². The molecule has 0 aliphatic carbocycles. The highest BCUT2D eigenvalue weighted by molar-refractivity contribution is 9.09. The summed E-state index contributed by atoms with van der Waals surface area (Å²) in [6.45, 7) is 0. The van der Waals surface area contributed by atoms with Gasteiger partial charge in [-0.15, -0.1) is 0 Å². The molecule has 1 rings (SSSR count). The lowest BCUT2D eigenvalue weighted by Gasteiger charge is -2.08. The zero-order valence-electron chi connectivity index (χ0n) is 8.35. The number of benzene rings is 1. The van der Waals surface area contributed by atoms with E-state index >= 15 is 0 Å². The standard InChI is InChI=1S/C11H10Br2F2O/c12-4-3-10(16)9-5-7(11(14)15)1-2-8(9)6-13/h1-2,5,11H,3-4,6H2. The first-order valence-electron chi connectivity index (χ1n) is 4.66. The van der Waals surface area contributed by atoms with E-state index in [1.165, 1.54) is 12.1 Å². The van der Waals surface area contributed by atoms with Crippen LogP contribution in [0.4, 0.5) is 8.78 Å². The summed E-state index contributed by atoms with van der Waals surface area (Å²) in [7, 11) is 0. The average molecular weight is 356 g/mol. The first-order chi connectivity index (χ1) is 7.60. The van der Waals surface area contributed by atoms with Gasteiger partial charge in [-0.1, -0.05) is 44.0 Å². The topological polar surface area (TPSA) is 17.1 Å². The van der Waals surface area contributed by atoms with Crippen LogP contribution in [0.15, 0.2) is 18.2 Å². The highest BCUT2D eigenvalue weighted by atomic mass is 79.9. The first-order valence-corrected chi connectivity index (χ1v) is 6.90. The van der Waals surface area contributed by atoms with E-state index in [0.717, 1.165) is 5.56 Å². The molecule has 1 aromatic carbocycles. The van der Waals surface area contributed by atoms with Gasteiger partial charge in [-0.25, -0.2) is 8.78 Å². The lowest BCUT2D eigenvalue weighted by Crippen LogP contribution is -2.04. The molecule has 0 N–H and O–H groups in total. The van der Waals surface area contributed by atoms with Gasteiger partial charge in [-0.2, -0.15) is 0 Å².